The lowest BCUT2D eigenvalue weighted by Crippen LogP contribution is -2.08. The number of hydrogen-bond donors (Lipinski definition) is 1. The summed E-state index contributed by atoms with van der Waals surface area (Å²) in [7, 11) is 0. The van der Waals surface area contributed by atoms with E-state index in [2.05, 4.69) is 9.97 Å². The predicted molar refractivity (Wildman–Crippen MR) is 89.8 cm³/mol. The summed E-state index contributed by atoms with van der Waals surface area (Å²) < 4.78 is 5.01. The second-order valence-corrected chi connectivity index (χ2v) is 5.12. The molecule has 4 nitrogen and oxygen atoms in total. The average molecular weight is 306 g/mol. The van der Waals surface area contributed by atoms with Gasteiger partial charge in [-0.3, -0.25) is 4.79 Å². The number of hydrogen-bond acceptors (Lipinski definition) is 3. The number of nitrogens with zero attached hydrogens (tertiary/aromatic N) is 1. The zero-order valence-corrected chi connectivity index (χ0v) is 13.0. The third kappa shape index (κ3) is 3.48. The molecule has 0 radical (unpaired) electrons. The van der Waals surface area contributed by atoms with Gasteiger partial charge in [0.2, 0.25) is 0 Å². The number of nitrogens with one attached hydrogen (secondary N) is 1. The molecule has 0 aliphatic heterocycles. The van der Waals surface area contributed by atoms with Crippen LogP contribution in [0.4, 0.5) is 0 Å². The molecule has 2 aromatic carbocycles. The summed E-state index contributed by atoms with van der Waals surface area (Å²) in [4.78, 5) is 19.6. The van der Waals surface area contributed by atoms with E-state index in [-0.39, 0.29) is 12.4 Å². The molecule has 0 amide bonds. The molecule has 23 heavy (non-hydrogen) atoms. The molecule has 0 unspecified atom stereocenters. The highest BCUT2D eigenvalue weighted by Crippen LogP contribution is 2.30. The summed E-state index contributed by atoms with van der Waals surface area (Å²) >= 11 is 0. The van der Waals surface area contributed by atoms with Crippen LogP contribution in [0.2, 0.25) is 0 Å². The van der Waals surface area contributed by atoms with E-state index in [1.807, 2.05) is 60.7 Å². The van der Waals surface area contributed by atoms with Crippen molar-refractivity contribution in [3.63, 3.8) is 0 Å². The van der Waals surface area contributed by atoms with Crippen LogP contribution in [0, 0.1) is 0 Å². The van der Waals surface area contributed by atoms with Crippen LogP contribution in [0.3, 0.4) is 0 Å². The number of H-pyrrole nitrogens is 1. The zero-order chi connectivity index (χ0) is 16.1. The Morgan fingerprint density at radius 3 is 2.22 bits per heavy atom. The Morgan fingerprint density at radius 2 is 1.61 bits per heavy atom. The molecule has 116 valence electrons. The Balaban J connectivity index is 2.02. The Morgan fingerprint density at radius 1 is 1.00 bits per heavy atom. The number of aromatic amines is 1. The Bertz CT molecular complexity index is 723. The zero-order valence-electron chi connectivity index (χ0n) is 13.0. The normalized spacial score (nSPS) is 10.5. The summed E-state index contributed by atoms with van der Waals surface area (Å²) in [5.74, 6) is 0.335. The fourth-order valence-electron chi connectivity index (χ4n) is 2.47. The molecule has 1 heterocycles. The summed E-state index contributed by atoms with van der Waals surface area (Å²) in [5, 5.41) is 0. The van der Waals surface area contributed by atoms with E-state index in [1.54, 1.807) is 6.92 Å². The third-order valence-corrected chi connectivity index (χ3v) is 3.48. The van der Waals surface area contributed by atoms with Gasteiger partial charge < -0.3 is 9.72 Å². The van der Waals surface area contributed by atoms with Crippen LogP contribution in [0.1, 0.15) is 12.7 Å². The third-order valence-electron chi connectivity index (χ3n) is 3.48. The van der Waals surface area contributed by atoms with E-state index in [0.29, 0.717) is 12.4 Å². The van der Waals surface area contributed by atoms with Crippen LogP contribution < -0.4 is 0 Å². The minimum atomic E-state index is -0.277. The molecule has 0 aliphatic rings. The molecule has 0 fully saturated rings. The van der Waals surface area contributed by atoms with Crippen molar-refractivity contribution in [3.8, 4) is 22.5 Å². The standard InChI is InChI=1S/C19H18N2O2/c1-2-23-17(22)13-16-20-18(14-9-5-3-6-10-14)19(21-16)15-11-7-4-8-12-15/h3-12H,2,13H2,1H3,(H,20,21). The number of benzene rings is 2. The van der Waals surface area contributed by atoms with Crippen LogP contribution in [0.25, 0.3) is 22.5 Å². The molecule has 4 heteroatoms. The van der Waals surface area contributed by atoms with Crippen molar-refractivity contribution in [2.45, 2.75) is 13.3 Å². The van der Waals surface area contributed by atoms with E-state index in [4.69, 9.17) is 4.74 Å². The molecule has 1 N–H and O–H groups in total. The number of carbonyl (C=O) groups excluding carboxylic acids is 1. The lowest BCUT2D eigenvalue weighted by atomic mass is 10.1. The van der Waals surface area contributed by atoms with Crippen molar-refractivity contribution in [2.75, 3.05) is 6.61 Å². The molecular formula is C19H18N2O2. The van der Waals surface area contributed by atoms with Gasteiger partial charge in [-0.25, -0.2) is 4.98 Å². The molecule has 0 aliphatic carbocycles. The first kappa shape index (κ1) is 15.0. The molecule has 3 rings (SSSR count). The van der Waals surface area contributed by atoms with E-state index in [0.717, 1.165) is 22.5 Å². The topological polar surface area (TPSA) is 55.0 Å². The van der Waals surface area contributed by atoms with Crippen molar-refractivity contribution in [3.05, 3.63) is 66.5 Å². The Kier molecular flexibility index (Phi) is 4.52. The fourth-order valence-corrected chi connectivity index (χ4v) is 2.47. The molecule has 3 aromatic rings. The quantitative estimate of drug-likeness (QED) is 0.728. The van der Waals surface area contributed by atoms with Gasteiger partial charge in [0.15, 0.2) is 0 Å². The number of imidazole rings is 1. The maximum absolute atomic E-state index is 11.7. The molecule has 0 bridgehead atoms. The minimum Gasteiger partial charge on any atom is -0.466 e. The molecule has 0 saturated heterocycles. The van der Waals surface area contributed by atoms with Gasteiger partial charge in [0, 0.05) is 11.1 Å². The van der Waals surface area contributed by atoms with Crippen LogP contribution in [0.5, 0.6) is 0 Å². The van der Waals surface area contributed by atoms with Crippen molar-refractivity contribution >= 4 is 5.97 Å². The minimum absolute atomic E-state index is 0.139. The maximum atomic E-state index is 11.7. The molecule has 0 saturated carbocycles. The number of rotatable bonds is 5. The number of esters is 1. The van der Waals surface area contributed by atoms with E-state index >= 15 is 0 Å². The molecule has 0 atom stereocenters. The van der Waals surface area contributed by atoms with Gasteiger partial charge in [-0.05, 0) is 6.92 Å². The van der Waals surface area contributed by atoms with Crippen molar-refractivity contribution in [1.82, 2.24) is 9.97 Å². The van der Waals surface area contributed by atoms with Crippen LogP contribution in [0.15, 0.2) is 60.7 Å². The highest BCUT2D eigenvalue weighted by molar-refractivity contribution is 5.79. The summed E-state index contributed by atoms with van der Waals surface area (Å²) in [6.45, 7) is 2.17. The van der Waals surface area contributed by atoms with Gasteiger partial charge in [0.1, 0.15) is 12.2 Å². The monoisotopic (exact) mass is 306 g/mol. The highest BCUT2D eigenvalue weighted by Gasteiger charge is 2.16. The average Bonchev–Trinajstić information content (AvgIpc) is 3.00. The molecule has 1 aromatic heterocycles. The number of aromatic nitrogens is 2. The largest absolute Gasteiger partial charge is 0.466 e. The fraction of sp³-hybridized carbons (Fsp3) is 0.158. The van der Waals surface area contributed by atoms with Crippen LogP contribution >= 0.6 is 0 Å². The van der Waals surface area contributed by atoms with Crippen molar-refractivity contribution in [1.29, 1.82) is 0 Å². The Hall–Kier alpha value is -2.88. The van der Waals surface area contributed by atoms with Gasteiger partial charge in [-0.2, -0.15) is 0 Å². The first-order valence-electron chi connectivity index (χ1n) is 7.63. The van der Waals surface area contributed by atoms with E-state index in [1.165, 1.54) is 0 Å². The smallest absolute Gasteiger partial charge is 0.313 e. The first-order valence-corrected chi connectivity index (χ1v) is 7.63. The van der Waals surface area contributed by atoms with Gasteiger partial charge in [0.25, 0.3) is 0 Å². The van der Waals surface area contributed by atoms with E-state index < -0.39 is 0 Å². The first-order chi connectivity index (χ1) is 11.3. The molecular weight excluding hydrogens is 288 g/mol. The van der Waals surface area contributed by atoms with Crippen LogP contribution in [-0.2, 0) is 16.0 Å². The lowest BCUT2D eigenvalue weighted by molar-refractivity contribution is -0.142. The number of ether oxygens (including phenoxy) is 1. The van der Waals surface area contributed by atoms with E-state index in [9.17, 15) is 4.79 Å². The van der Waals surface area contributed by atoms with Gasteiger partial charge >= 0.3 is 5.97 Å². The van der Waals surface area contributed by atoms with Gasteiger partial charge in [0.05, 0.1) is 18.0 Å². The SMILES string of the molecule is CCOC(=O)Cc1nc(-c2ccccc2)c(-c2ccccc2)[nH]1. The summed E-state index contributed by atoms with van der Waals surface area (Å²) in [6.07, 6.45) is 0.139. The number of carbonyl (C=O) groups is 1. The molecule has 0 spiro atoms. The highest BCUT2D eigenvalue weighted by atomic mass is 16.5. The van der Waals surface area contributed by atoms with Gasteiger partial charge in [-0.15, -0.1) is 0 Å². The lowest BCUT2D eigenvalue weighted by Gasteiger charge is -2.02. The van der Waals surface area contributed by atoms with Gasteiger partial charge in [-0.1, -0.05) is 60.7 Å². The summed E-state index contributed by atoms with van der Waals surface area (Å²) in [6, 6.07) is 19.9. The van der Waals surface area contributed by atoms with Crippen LogP contribution in [-0.4, -0.2) is 22.5 Å². The van der Waals surface area contributed by atoms with Crippen molar-refractivity contribution < 1.29 is 9.53 Å². The predicted octanol–water partition coefficient (Wildman–Crippen LogP) is 3.85. The second-order valence-electron chi connectivity index (χ2n) is 5.12. The summed E-state index contributed by atoms with van der Waals surface area (Å²) in [5.41, 5.74) is 3.80. The van der Waals surface area contributed by atoms with Crippen molar-refractivity contribution in [2.24, 2.45) is 0 Å². The maximum Gasteiger partial charge on any atom is 0.313 e. The second kappa shape index (κ2) is 6.92. The Labute approximate surface area is 135 Å².